The number of rotatable bonds is 7. The molecule has 9 heteroatoms. The van der Waals surface area contributed by atoms with Gasteiger partial charge in [0.25, 0.3) is 11.1 Å². The topological polar surface area (TPSA) is 75.7 Å². The number of amides is 3. The number of halogens is 2. The highest BCUT2D eigenvalue weighted by Gasteiger charge is 2.36. The highest BCUT2D eigenvalue weighted by Crippen LogP contribution is 2.35. The Bertz CT molecular complexity index is 1420. The summed E-state index contributed by atoms with van der Waals surface area (Å²) < 4.78 is 20.6. The molecule has 1 N–H and O–H groups in total. The van der Waals surface area contributed by atoms with Crippen LogP contribution in [0.2, 0.25) is 0 Å². The number of anilines is 1. The molecule has 0 atom stereocenters. The molecule has 1 saturated heterocycles. The van der Waals surface area contributed by atoms with Crippen molar-refractivity contribution in [2.24, 2.45) is 0 Å². The average molecular weight is 583 g/mol. The first-order valence-corrected chi connectivity index (χ1v) is 13.0. The SMILES string of the molecule is Cc1cc(C)c(NC(=O)CN2C(=O)S/C(=C\c3cc(Br)ccc3OCc3ccccc3F)C2=O)c(C)c1. The molecule has 1 fully saturated rings. The minimum absolute atomic E-state index is 0.00532. The summed E-state index contributed by atoms with van der Waals surface area (Å²) in [5, 5.41) is 2.29. The predicted molar refractivity (Wildman–Crippen MR) is 147 cm³/mol. The number of benzene rings is 3. The number of thioether (sulfide) groups is 1. The number of carbonyl (C=O) groups is 3. The molecule has 190 valence electrons. The zero-order chi connectivity index (χ0) is 26.7. The van der Waals surface area contributed by atoms with E-state index in [4.69, 9.17) is 4.74 Å². The van der Waals surface area contributed by atoms with Crippen LogP contribution in [0.1, 0.15) is 27.8 Å². The van der Waals surface area contributed by atoms with E-state index < -0.39 is 23.6 Å². The predicted octanol–water partition coefficient (Wildman–Crippen LogP) is 6.77. The van der Waals surface area contributed by atoms with Crippen LogP contribution >= 0.6 is 27.7 Å². The molecule has 1 heterocycles. The van der Waals surface area contributed by atoms with Crippen LogP contribution in [0.3, 0.4) is 0 Å². The zero-order valence-electron chi connectivity index (χ0n) is 20.4. The van der Waals surface area contributed by atoms with Crippen molar-refractivity contribution in [1.82, 2.24) is 4.90 Å². The fourth-order valence-electron chi connectivity index (χ4n) is 4.01. The van der Waals surface area contributed by atoms with Crippen LogP contribution in [-0.2, 0) is 16.2 Å². The molecule has 0 saturated carbocycles. The van der Waals surface area contributed by atoms with E-state index in [0.29, 0.717) is 22.6 Å². The van der Waals surface area contributed by atoms with Crippen LogP contribution in [0.25, 0.3) is 6.08 Å². The largest absolute Gasteiger partial charge is 0.488 e. The second-order valence-electron chi connectivity index (χ2n) is 8.65. The molecule has 3 aromatic rings. The summed E-state index contributed by atoms with van der Waals surface area (Å²) in [6.07, 6.45) is 1.54. The van der Waals surface area contributed by atoms with Crippen molar-refractivity contribution in [3.63, 3.8) is 0 Å². The van der Waals surface area contributed by atoms with Crippen molar-refractivity contribution in [2.45, 2.75) is 27.4 Å². The summed E-state index contributed by atoms with van der Waals surface area (Å²) in [7, 11) is 0. The molecule has 1 aliphatic rings. The van der Waals surface area contributed by atoms with Gasteiger partial charge in [-0.25, -0.2) is 4.39 Å². The van der Waals surface area contributed by atoms with E-state index >= 15 is 0 Å². The van der Waals surface area contributed by atoms with Gasteiger partial charge in [-0.1, -0.05) is 51.8 Å². The third-order valence-corrected chi connectivity index (χ3v) is 7.12. The quantitative estimate of drug-likeness (QED) is 0.311. The second kappa shape index (κ2) is 11.3. The number of hydrogen-bond donors (Lipinski definition) is 1. The molecule has 4 rings (SSSR count). The van der Waals surface area contributed by atoms with Gasteiger partial charge in [0, 0.05) is 21.3 Å². The lowest BCUT2D eigenvalue weighted by atomic mass is 10.1. The van der Waals surface area contributed by atoms with Gasteiger partial charge in [-0.15, -0.1) is 0 Å². The molecule has 0 aliphatic carbocycles. The summed E-state index contributed by atoms with van der Waals surface area (Å²) in [4.78, 5) is 39.5. The molecular weight excluding hydrogens is 559 g/mol. The van der Waals surface area contributed by atoms with Crippen LogP contribution in [-0.4, -0.2) is 28.5 Å². The summed E-state index contributed by atoms with van der Waals surface area (Å²) in [5.74, 6) is -0.990. The van der Waals surface area contributed by atoms with Crippen LogP contribution in [0.4, 0.5) is 14.9 Å². The van der Waals surface area contributed by atoms with E-state index in [1.807, 2.05) is 32.9 Å². The summed E-state index contributed by atoms with van der Waals surface area (Å²) in [6.45, 7) is 5.35. The Kier molecular flexibility index (Phi) is 8.14. The number of imide groups is 1. The highest BCUT2D eigenvalue weighted by atomic mass is 79.9. The molecule has 3 aromatic carbocycles. The normalized spacial score (nSPS) is 14.4. The standard InChI is InChI=1S/C28H24BrFN2O4S/c1-16-10-17(2)26(18(3)11-16)31-25(33)14-32-27(34)24(37-28(32)35)13-20-12-21(29)8-9-23(20)36-15-19-6-4-5-7-22(19)30/h4-13H,14-15H2,1-3H3,(H,31,33)/b24-13-. The fraction of sp³-hybridized carbons (Fsp3) is 0.179. The summed E-state index contributed by atoms with van der Waals surface area (Å²) >= 11 is 4.16. The number of carbonyl (C=O) groups excluding carboxylic acids is 3. The van der Waals surface area contributed by atoms with E-state index in [9.17, 15) is 18.8 Å². The Labute approximate surface area is 227 Å². The fourth-order valence-corrected chi connectivity index (χ4v) is 5.22. The molecule has 0 unspecified atom stereocenters. The molecule has 0 aromatic heterocycles. The first-order valence-electron chi connectivity index (χ1n) is 11.4. The molecule has 0 spiro atoms. The molecule has 0 bridgehead atoms. The number of ether oxygens (including phenoxy) is 1. The molecule has 0 radical (unpaired) electrons. The Morgan fingerprint density at radius 2 is 1.78 bits per heavy atom. The van der Waals surface area contributed by atoms with Gasteiger partial charge in [0.2, 0.25) is 5.91 Å². The molecule has 1 aliphatic heterocycles. The van der Waals surface area contributed by atoms with Gasteiger partial charge < -0.3 is 10.1 Å². The Balaban J connectivity index is 1.50. The van der Waals surface area contributed by atoms with Crippen molar-refractivity contribution in [1.29, 1.82) is 0 Å². The van der Waals surface area contributed by atoms with E-state index in [1.54, 1.807) is 42.5 Å². The van der Waals surface area contributed by atoms with E-state index in [0.717, 1.165) is 37.8 Å². The highest BCUT2D eigenvalue weighted by molar-refractivity contribution is 9.10. The minimum Gasteiger partial charge on any atom is -0.488 e. The summed E-state index contributed by atoms with van der Waals surface area (Å²) in [6, 6.07) is 15.4. The van der Waals surface area contributed by atoms with Gasteiger partial charge in [-0.05, 0) is 74.0 Å². The van der Waals surface area contributed by atoms with Crippen LogP contribution in [0.5, 0.6) is 5.75 Å². The third-order valence-electron chi connectivity index (χ3n) is 5.72. The number of nitrogens with one attached hydrogen (secondary N) is 1. The van der Waals surface area contributed by atoms with Gasteiger partial charge in [0.1, 0.15) is 24.7 Å². The summed E-state index contributed by atoms with van der Waals surface area (Å²) in [5.41, 5.74) is 4.47. The molecule has 6 nitrogen and oxygen atoms in total. The molecule has 3 amide bonds. The zero-order valence-corrected chi connectivity index (χ0v) is 22.8. The van der Waals surface area contributed by atoms with E-state index in [2.05, 4.69) is 21.2 Å². The number of aryl methyl sites for hydroxylation is 3. The Hall–Kier alpha value is -3.43. The first-order chi connectivity index (χ1) is 17.6. The lowest BCUT2D eigenvalue weighted by Gasteiger charge is -2.16. The van der Waals surface area contributed by atoms with Crippen molar-refractivity contribution in [2.75, 3.05) is 11.9 Å². The van der Waals surface area contributed by atoms with Crippen LogP contribution in [0.15, 0.2) is 64.0 Å². The average Bonchev–Trinajstić information content (AvgIpc) is 3.09. The van der Waals surface area contributed by atoms with Crippen LogP contribution in [0, 0.1) is 26.6 Å². The maximum absolute atomic E-state index is 14.0. The van der Waals surface area contributed by atoms with Gasteiger partial charge >= 0.3 is 0 Å². The molecule has 37 heavy (non-hydrogen) atoms. The second-order valence-corrected chi connectivity index (χ2v) is 10.6. The Morgan fingerprint density at radius 3 is 2.49 bits per heavy atom. The first kappa shape index (κ1) is 26.6. The van der Waals surface area contributed by atoms with Crippen LogP contribution < -0.4 is 10.1 Å². The van der Waals surface area contributed by atoms with Gasteiger partial charge in [0.05, 0.1) is 4.91 Å². The van der Waals surface area contributed by atoms with Crippen molar-refractivity contribution in [3.05, 3.63) is 97.6 Å². The van der Waals surface area contributed by atoms with Crippen molar-refractivity contribution < 1.29 is 23.5 Å². The maximum Gasteiger partial charge on any atom is 0.294 e. The van der Waals surface area contributed by atoms with E-state index in [1.165, 1.54) is 6.07 Å². The lowest BCUT2D eigenvalue weighted by Crippen LogP contribution is -2.36. The van der Waals surface area contributed by atoms with Gasteiger partial charge in [-0.3, -0.25) is 19.3 Å². The monoisotopic (exact) mass is 582 g/mol. The third kappa shape index (κ3) is 6.29. The van der Waals surface area contributed by atoms with Crippen molar-refractivity contribution >= 4 is 56.5 Å². The number of nitrogens with zero attached hydrogens (tertiary/aromatic N) is 1. The lowest BCUT2D eigenvalue weighted by molar-refractivity contribution is -0.127. The minimum atomic E-state index is -0.567. The van der Waals surface area contributed by atoms with Gasteiger partial charge in [0.15, 0.2) is 0 Å². The number of hydrogen-bond acceptors (Lipinski definition) is 5. The van der Waals surface area contributed by atoms with Gasteiger partial charge in [-0.2, -0.15) is 0 Å². The van der Waals surface area contributed by atoms with Crippen molar-refractivity contribution in [3.8, 4) is 5.75 Å². The maximum atomic E-state index is 14.0. The Morgan fingerprint density at radius 1 is 1.08 bits per heavy atom. The smallest absolute Gasteiger partial charge is 0.294 e. The molecular formula is C28H24BrFN2O4S. The van der Waals surface area contributed by atoms with E-state index in [-0.39, 0.29) is 17.3 Å².